The molecule has 4 aromatic rings. The summed E-state index contributed by atoms with van der Waals surface area (Å²) in [6, 6.07) is 14.2. The number of fused-ring (bicyclic) bond motifs is 1. The van der Waals surface area contributed by atoms with E-state index in [0.29, 0.717) is 23.6 Å². The maximum Gasteiger partial charge on any atom is 0.408 e. The molecule has 3 aliphatic rings. The summed E-state index contributed by atoms with van der Waals surface area (Å²) in [7, 11) is -2.73. The number of aromatic nitrogens is 4. The quantitative estimate of drug-likeness (QED) is 0.139. The number of amides is 3. The van der Waals surface area contributed by atoms with E-state index in [0.717, 1.165) is 40.7 Å². The maximum absolute atomic E-state index is 14.7. The van der Waals surface area contributed by atoms with Crippen LogP contribution in [0.25, 0.3) is 21.5 Å². The fourth-order valence-electron chi connectivity index (χ4n) is 7.73. The summed E-state index contributed by atoms with van der Waals surface area (Å²) in [6.45, 7) is 9.26. The summed E-state index contributed by atoms with van der Waals surface area (Å²) in [5, 5.41) is 19.6. The highest BCUT2D eigenvalue weighted by Crippen LogP contribution is 2.49. The van der Waals surface area contributed by atoms with Gasteiger partial charge in [-0.3, -0.25) is 14.4 Å². The van der Waals surface area contributed by atoms with Crippen LogP contribution in [0.5, 0.6) is 5.75 Å². The second-order valence-electron chi connectivity index (χ2n) is 16.2. The van der Waals surface area contributed by atoms with Crippen molar-refractivity contribution in [1.29, 1.82) is 0 Å². The Labute approximate surface area is 335 Å². The fourth-order valence-corrected chi connectivity index (χ4v) is 10.2. The van der Waals surface area contributed by atoms with Crippen LogP contribution in [0.15, 0.2) is 71.5 Å². The van der Waals surface area contributed by atoms with Crippen molar-refractivity contribution < 1.29 is 37.1 Å². The van der Waals surface area contributed by atoms with E-state index >= 15 is 0 Å². The maximum atomic E-state index is 14.7. The molecule has 0 aliphatic heterocycles. The number of nitrogens with one attached hydrogen (secondary N) is 3. The number of methoxy groups -OCH3 is 1. The van der Waals surface area contributed by atoms with Gasteiger partial charge in [-0.2, -0.15) is 4.80 Å². The van der Waals surface area contributed by atoms with Crippen LogP contribution in [0.4, 0.5) is 4.79 Å². The van der Waals surface area contributed by atoms with E-state index in [2.05, 4.69) is 37.3 Å². The standard InChI is InChI=1S/C40H47N7O8S2/c1-6-10-25-22-40(25,37(50)45-57(52,53)32-19-24-11-7-8-14-31(24)56-32)42-36(49)30-21-26(47-44-35(43-46-47)23-15-17-27(54-5)18-16-23)20-29(30)33(48)34(39(2,3)4)41-38(51)55-28-12-9-13-28/h6-8,11,14-19,25-26,28-30,34H,1,9-10,12-13,20-22H2,2-5H3,(H,41,51)(H,42,49)(H,45,50)/t25-,26+,29?,30-,34?,40+/m1/s1. The van der Waals surface area contributed by atoms with Gasteiger partial charge in [-0.15, -0.1) is 28.1 Å². The van der Waals surface area contributed by atoms with Crippen LogP contribution in [0.2, 0.25) is 0 Å². The van der Waals surface area contributed by atoms with Crippen LogP contribution in [-0.4, -0.2) is 77.1 Å². The molecule has 3 fully saturated rings. The van der Waals surface area contributed by atoms with Gasteiger partial charge in [-0.1, -0.05) is 45.0 Å². The summed E-state index contributed by atoms with van der Waals surface area (Å²) >= 11 is 1.03. The molecule has 2 heterocycles. The Morgan fingerprint density at radius 3 is 2.44 bits per heavy atom. The normalized spacial score (nSPS) is 23.9. The van der Waals surface area contributed by atoms with Crippen molar-refractivity contribution >= 4 is 55.1 Å². The topological polar surface area (TPSA) is 201 Å². The Bertz CT molecular complexity index is 2260. The summed E-state index contributed by atoms with van der Waals surface area (Å²) in [4.78, 5) is 57.7. The molecule has 3 N–H and O–H groups in total. The van der Waals surface area contributed by atoms with E-state index in [4.69, 9.17) is 9.47 Å². The molecule has 2 aromatic carbocycles. The van der Waals surface area contributed by atoms with Crippen molar-refractivity contribution in [2.75, 3.05) is 7.11 Å². The molecular formula is C40H47N7O8S2. The highest BCUT2D eigenvalue weighted by Gasteiger charge is 2.62. The number of ether oxygens (including phenoxy) is 2. The fraction of sp³-hybridized carbons (Fsp3) is 0.475. The highest BCUT2D eigenvalue weighted by molar-refractivity contribution is 7.92. The second kappa shape index (κ2) is 15.6. The van der Waals surface area contributed by atoms with Gasteiger partial charge in [0.2, 0.25) is 11.7 Å². The lowest BCUT2D eigenvalue weighted by Gasteiger charge is -2.34. The Hall–Kier alpha value is -5.16. The van der Waals surface area contributed by atoms with Gasteiger partial charge >= 0.3 is 6.09 Å². The third-order valence-corrected chi connectivity index (χ3v) is 14.2. The summed E-state index contributed by atoms with van der Waals surface area (Å²) < 4.78 is 40.8. The SMILES string of the molecule is C=CC[C@@H]1C[C@@]1(NC(=O)[C@@H]1C[C@@H](n2nnc(-c3ccc(OC)cc3)n2)CC1C(=O)C(NC(=O)OC1CCC1)C(C)(C)C)C(=O)NS(=O)(=O)c1cc2ccccc2s1. The summed E-state index contributed by atoms with van der Waals surface area (Å²) in [5.41, 5.74) is -1.65. The van der Waals surface area contributed by atoms with Gasteiger partial charge < -0.3 is 20.1 Å². The smallest absolute Gasteiger partial charge is 0.408 e. The van der Waals surface area contributed by atoms with Crippen molar-refractivity contribution in [1.82, 2.24) is 35.6 Å². The number of benzene rings is 2. The third-order valence-electron chi connectivity index (χ3n) is 11.3. The minimum absolute atomic E-state index is 0.0327. The van der Waals surface area contributed by atoms with Crippen LogP contribution in [-0.2, 0) is 29.1 Å². The van der Waals surface area contributed by atoms with Crippen molar-refractivity contribution in [2.45, 2.75) is 93.7 Å². The summed E-state index contributed by atoms with van der Waals surface area (Å²) in [5.74, 6) is -3.23. The molecule has 3 aliphatic carbocycles. The molecule has 302 valence electrons. The van der Waals surface area contributed by atoms with Crippen LogP contribution >= 0.6 is 11.3 Å². The lowest BCUT2D eigenvalue weighted by Crippen LogP contribution is -2.55. The van der Waals surface area contributed by atoms with E-state index in [9.17, 15) is 27.6 Å². The summed E-state index contributed by atoms with van der Waals surface area (Å²) in [6.07, 6.45) is 3.92. The number of thiophene rings is 1. The van der Waals surface area contributed by atoms with Crippen molar-refractivity contribution in [2.24, 2.45) is 23.2 Å². The van der Waals surface area contributed by atoms with Crippen LogP contribution in [0.1, 0.15) is 71.8 Å². The van der Waals surface area contributed by atoms with Gasteiger partial charge in [-0.25, -0.2) is 17.9 Å². The van der Waals surface area contributed by atoms with Crippen LogP contribution in [0.3, 0.4) is 0 Å². The zero-order valence-corrected chi connectivity index (χ0v) is 33.9. The zero-order chi connectivity index (χ0) is 40.7. The molecule has 0 saturated heterocycles. The minimum atomic E-state index is -4.30. The van der Waals surface area contributed by atoms with Gasteiger partial charge in [-0.05, 0) is 103 Å². The molecule has 0 bridgehead atoms. The molecule has 2 aromatic heterocycles. The van der Waals surface area contributed by atoms with Crippen LogP contribution in [0, 0.1) is 23.2 Å². The number of Topliss-reactive ketones (excluding diaryl/α,β-unsaturated/α-hetero) is 1. The number of nitrogens with zero attached hydrogens (tertiary/aromatic N) is 4. The second-order valence-corrected chi connectivity index (χ2v) is 19.2. The van der Waals surface area contributed by atoms with E-state index in [1.54, 1.807) is 61.7 Å². The van der Waals surface area contributed by atoms with E-state index < -0.39 is 68.7 Å². The number of carbonyl (C=O) groups excluding carboxylic acids is 4. The van der Waals surface area contributed by atoms with Crippen molar-refractivity contribution in [3.63, 3.8) is 0 Å². The van der Waals surface area contributed by atoms with Gasteiger partial charge in [0, 0.05) is 22.1 Å². The number of tetrazole rings is 1. The van der Waals surface area contributed by atoms with Crippen molar-refractivity contribution in [3.05, 3.63) is 67.3 Å². The molecular weight excluding hydrogens is 771 g/mol. The highest BCUT2D eigenvalue weighted by atomic mass is 32.2. The number of sulfonamides is 1. The van der Waals surface area contributed by atoms with Gasteiger partial charge in [0.15, 0.2) is 5.78 Å². The van der Waals surface area contributed by atoms with Gasteiger partial charge in [0.1, 0.15) is 21.6 Å². The minimum Gasteiger partial charge on any atom is -0.497 e. The number of allylic oxidation sites excluding steroid dienone is 1. The Morgan fingerprint density at radius 2 is 1.79 bits per heavy atom. The molecule has 17 heteroatoms. The zero-order valence-electron chi connectivity index (χ0n) is 32.3. The molecule has 0 spiro atoms. The number of alkyl carbamates (subject to hydrolysis) is 1. The lowest BCUT2D eigenvalue weighted by atomic mass is 9.77. The molecule has 3 saturated carbocycles. The largest absolute Gasteiger partial charge is 0.497 e. The van der Waals surface area contributed by atoms with E-state index in [1.807, 2.05) is 20.8 Å². The van der Waals surface area contributed by atoms with Crippen LogP contribution < -0.4 is 20.1 Å². The number of hydrogen-bond acceptors (Lipinski definition) is 12. The first-order valence-electron chi connectivity index (χ1n) is 19.1. The molecule has 57 heavy (non-hydrogen) atoms. The average Bonchev–Trinajstić information content (AvgIpc) is 3.60. The number of carbonyl (C=O) groups is 4. The molecule has 3 amide bonds. The Balaban J connectivity index is 1.16. The van der Waals surface area contributed by atoms with E-state index in [1.165, 1.54) is 10.9 Å². The van der Waals surface area contributed by atoms with E-state index in [-0.39, 0.29) is 35.4 Å². The molecule has 0 radical (unpaired) electrons. The molecule has 2 unspecified atom stereocenters. The lowest BCUT2D eigenvalue weighted by molar-refractivity contribution is -0.137. The first-order chi connectivity index (χ1) is 27.1. The first-order valence-corrected chi connectivity index (χ1v) is 21.4. The predicted octanol–water partition coefficient (Wildman–Crippen LogP) is 5.35. The number of hydrogen-bond donors (Lipinski definition) is 3. The van der Waals surface area contributed by atoms with Crippen molar-refractivity contribution in [3.8, 4) is 17.1 Å². The average molecular weight is 818 g/mol. The predicted molar refractivity (Wildman–Crippen MR) is 212 cm³/mol. The van der Waals surface area contributed by atoms with Gasteiger partial charge in [0.05, 0.1) is 19.2 Å². The molecule has 15 nitrogen and oxygen atoms in total. The first kappa shape index (κ1) is 40.1. The monoisotopic (exact) mass is 817 g/mol. The Kier molecular flexibility index (Phi) is 11.0. The number of ketones is 1. The third kappa shape index (κ3) is 8.30. The number of rotatable bonds is 14. The molecule has 6 atom stereocenters. The molecule has 7 rings (SSSR count). The van der Waals surface area contributed by atoms with Gasteiger partial charge in [0.25, 0.3) is 15.9 Å². The Morgan fingerprint density at radius 1 is 1.07 bits per heavy atom.